The molecule has 5 nitrogen and oxygen atoms in total. The van der Waals surface area contributed by atoms with Gasteiger partial charge in [0.2, 0.25) is 11.8 Å². The van der Waals surface area contributed by atoms with Gasteiger partial charge in [0.25, 0.3) is 0 Å². The van der Waals surface area contributed by atoms with Gasteiger partial charge in [-0.2, -0.15) is 0 Å². The van der Waals surface area contributed by atoms with Crippen LogP contribution in [0.3, 0.4) is 0 Å². The van der Waals surface area contributed by atoms with E-state index in [1.165, 1.54) is 0 Å². The van der Waals surface area contributed by atoms with Gasteiger partial charge < -0.3 is 15.0 Å². The SMILES string of the molecule is CCC1(CC)NC(=O)C(C)N(CCOCC(C)C)C1=O. The first-order chi connectivity index (χ1) is 9.38. The van der Waals surface area contributed by atoms with Crippen molar-refractivity contribution in [2.75, 3.05) is 19.8 Å². The zero-order chi connectivity index (χ0) is 15.3. The molecular weight excluding hydrogens is 256 g/mol. The number of ether oxygens (including phenoxy) is 1. The number of carbonyl (C=O) groups excluding carboxylic acids is 2. The topological polar surface area (TPSA) is 58.6 Å². The molecule has 1 saturated heterocycles. The Morgan fingerprint density at radius 2 is 1.90 bits per heavy atom. The smallest absolute Gasteiger partial charge is 0.249 e. The summed E-state index contributed by atoms with van der Waals surface area (Å²) in [5.74, 6) is 0.415. The fraction of sp³-hybridized carbons (Fsp3) is 0.867. The Kier molecular flexibility index (Phi) is 5.99. The molecule has 0 bridgehead atoms. The Morgan fingerprint density at radius 3 is 2.40 bits per heavy atom. The number of rotatable bonds is 7. The van der Waals surface area contributed by atoms with Crippen molar-refractivity contribution in [1.29, 1.82) is 0 Å². The lowest BCUT2D eigenvalue weighted by Gasteiger charge is -2.44. The number of hydrogen-bond acceptors (Lipinski definition) is 3. The lowest BCUT2D eigenvalue weighted by Crippen LogP contribution is -2.69. The van der Waals surface area contributed by atoms with Crippen molar-refractivity contribution in [1.82, 2.24) is 10.2 Å². The molecule has 0 aromatic rings. The fourth-order valence-corrected chi connectivity index (χ4v) is 2.49. The molecule has 0 aliphatic carbocycles. The van der Waals surface area contributed by atoms with Crippen LogP contribution in [0.4, 0.5) is 0 Å². The summed E-state index contributed by atoms with van der Waals surface area (Å²) in [6, 6.07) is -0.420. The van der Waals surface area contributed by atoms with Gasteiger partial charge in [0.05, 0.1) is 6.61 Å². The van der Waals surface area contributed by atoms with Crippen LogP contribution in [-0.4, -0.2) is 48.1 Å². The van der Waals surface area contributed by atoms with Gasteiger partial charge >= 0.3 is 0 Å². The van der Waals surface area contributed by atoms with E-state index in [0.717, 1.165) is 0 Å². The third kappa shape index (κ3) is 3.51. The van der Waals surface area contributed by atoms with Crippen LogP contribution in [0.25, 0.3) is 0 Å². The summed E-state index contributed by atoms with van der Waals surface area (Å²) < 4.78 is 5.54. The van der Waals surface area contributed by atoms with Gasteiger partial charge in [-0.1, -0.05) is 27.7 Å². The highest BCUT2D eigenvalue weighted by molar-refractivity contribution is 5.99. The van der Waals surface area contributed by atoms with Crippen LogP contribution in [0, 0.1) is 5.92 Å². The van der Waals surface area contributed by atoms with Gasteiger partial charge in [-0.15, -0.1) is 0 Å². The number of hydrogen-bond donors (Lipinski definition) is 1. The van der Waals surface area contributed by atoms with Crippen molar-refractivity contribution in [3.05, 3.63) is 0 Å². The van der Waals surface area contributed by atoms with Crippen molar-refractivity contribution >= 4 is 11.8 Å². The molecule has 1 unspecified atom stereocenters. The molecule has 0 saturated carbocycles. The van der Waals surface area contributed by atoms with Crippen LogP contribution in [0.15, 0.2) is 0 Å². The highest BCUT2D eigenvalue weighted by Gasteiger charge is 2.47. The Labute approximate surface area is 122 Å². The molecule has 2 amide bonds. The summed E-state index contributed by atoms with van der Waals surface area (Å²) in [5, 5.41) is 2.90. The molecule has 0 radical (unpaired) electrons. The maximum absolute atomic E-state index is 12.6. The Balaban J connectivity index is 2.71. The Morgan fingerprint density at radius 1 is 1.30 bits per heavy atom. The van der Waals surface area contributed by atoms with E-state index in [2.05, 4.69) is 19.2 Å². The molecule has 1 fully saturated rings. The van der Waals surface area contributed by atoms with Crippen molar-refractivity contribution in [2.45, 2.75) is 59.0 Å². The van der Waals surface area contributed by atoms with Gasteiger partial charge in [-0.05, 0) is 25.7 Å². The first-order valence-corrected chi connectivity index (χ1v) is 7.58. The molecule has 0 aromatic heterocycles. The standard InChI is InChI=1S/C15H28N2O3/c1-6-15(7-2)14(19)17(12(5)13(18)16-15)8-9-20-10-11(3)4/h11-12H,6-10H2,1-5H3,(H,16,18). The molecule has 1 heterocycles. The highest BCUT2D eigenvalue weighted by Crippen LogP contribution is 2.24. The van der Waals surface area contributed by atoms with Gasteiger partial charge in [0, 0.05) is 13.2 Å². The van der Waals surface area contributed by atoms with Crippen LogP contribution in [0.1, 0.15) is 47.5 Å². The molecule has 1 rings (SSSR count). The van der Waals surface area contributed by atoms with E-state index < -0.39 is 11.6 Å². The summed E-state index contributed by atoms with van der Waals surface area (Å²) in [6.45, 7) is 11.4. The molecule has 1 aliphatic heterocycles. The quantitative estimate of drug-likeness (QED) is 0.722. The molecule has 116 valence electrons. The fourth-order valence-electron chi connectivity index (χ4n) is 2.49. The molecule has 1 N–H and O–H groups in total. The second-order valence-corrected chi connectivity index (χ2v) is 5.92. The number of amides is 2. The summed E-state index contributed by atoms with van der Waals surface area (Å²) in [5.41, 5.74) is -0.734. The summed E-state index contributed by atoms with van der Waals surface area (Å²) in [7, 11) is 0. The normalized spacial score (nSPS) is 22.3. The van der Waals surface area contributed by atoms with Gasteiger partial charge in [-0.25, -0.2) is 0 Å². The van der Waals surface area contributed by atoms with Crippen LogP contribution < -0.4 is 5.32 Å². The number of nitrogens with one attached hydrogen (secondary N) is 1. The lowest BCUT2D eigenvalue weighted by molar-refractivity contribution is -0.155. The molecule has 0 spiro atoms. The van der Waals surface area contributed by atoms with Crippen molar-refractivity contribution in [3.8, 4) is 0 Å². The maximum Gasteiger partial charge on any atom is 0.249 e. The van der Waals surface area contributed by atoms with Crippen molar-refractivity contribution in [2.24, 2.45) is 5.92 Å². The van der Waals surface area contributed by atoms with Crippen molar-refractivity contribution in [3.63, 3.8) is 0 Å². The van der Waals surface area contributed by atoms with Gasteiger partial charge in [0.15, 0.2) is 0 Å². The molecule has 0 aromatic carbocycles. The van der Waals surface area contributed by atoms with Crippen molar-refractivity contribution < 1.29 is 14.3 Å². The summed E-state index contributed by atoms with van der Waals surface area (Å²) in [6.07, 6.45) is 1.23. The number of piperazine rings is 1. The van der Waals surface area contributed by atoms with Gasteiger partial charge in [-0.3, -0.25) is 9.59 Å². The molecule has 20 heavy (non-hydrogen) atoms. The summed E-state index contributed by atoms with van der Waals surface area (Å²) in [4.78, 5) is 26.4. The predicted molar refractivity (Wildman–Crippen MR) is 78.3 cm³/mol. The predicted octanol–water partition coefficient (Wildman–Crippen LogP) is 1.56. The molecule has 5 heteroatoms. The van der Waals surface area contributed by atoms with Crippen LogP contribution in [-0.2, 0) is 14.3 Å². The number of carbonyl (C=O) groups is 2. The molecular formula is C15H28N2O3. The van der Waals surface area contributed by atoms with Crippen LogP contribution in [0.2, 0.25) is 0 Å². The lowest BCUT2D eigenvalue weighted by atomic mass is 9.87. The van der Waals surface area contributed by atoms with E-state index in [9.17, 15) is 9.59 Å². The van der Waals surface area contributed by atoms with E-state index >= 15 is 0 Å². The second-order valence-electron chi connectivity index (χ2n) is 5.92. The van der Waals surface area contributed by atoms with E-state index in [1.807, 2.05) is 13.8 Å². The zero-order valence-electron chi connectivity index (χ0n) is 13.4. The Bertz CT molecular complexity index is 351. The van der Waals surface area contributed by atoms with E-state index in [-0.39, 0.29) is 11.8 Å². The first kappa shape index (κ1) is 17.0. The van der Waals surface area contributed by atoms with Gasteiger partial charge in [0.1, 0.15) is 11.6 Å². The van der Waals surface area contributed by atoms with Crippen LogP contribution in [0.5, 0.6) is 0 Å². The third-order valence-corrected chi connectivity index (χ3v) is 4.01. The minimum Gasteiger partial charge on any atom is -0.379 e. The van der Waals surface area contributed by atoms with E-state index in [4.69, 9.17) is 4.74 Å². The largest absolute Gasteiger partial charge is 0.379 e. The monoisotopic (exact) mass is 284 g/mol. The van der Waals surface area contributed by atoms with E-state index in [1.54, 1.807) is 11.8 Å². The molecule has 1 aliphatic rings. The maximum atomic E-state index is 12.6. The number of nitrogens with zero attached hydrogens (tertiary/aromatic N) is 1. The Hall–Kier alpha value is -1.10. The molecule has 1 atom stereocenters. The third-order valence-electron chi connectivity index (χ3n) is 4.01. The minimum atomic E-state index is -0.734. The first-order valence-electron chi connectivity index (χ1n) is 7.58. The highest BCUT2D eigenvalue weighted by atomic mass is 16.5. The minimum absolute atomic E-state index is 0.0164. The second kappa shape index (κ2) is 7.07. The van der Waals surface area contributed by atoms with Crippen LogP contribution >= 0.6 is 0 Å². The average molecular weight is 284 g/mol. The average Bonchev–Trinajstić information content (AvgIpc) is 2.42. The zero-order valence-corrected chi connectivity index (χ0v) is 13.4. The summed E-state index contributed by atoms with van der Waals surface area (Å²) >= 11 is 0. The van der Waals surface area contributed by atoms with E-state index in [0.29, 0.717) is 38.5 Å².